The van der Waals surface area contributed by atoms with Crippen LogP contribution < -0.4 is 10.6 Å². The third-order valence-electron chi connectivity index (χ3n) is 4.68. The second-order valence-electron chi connectivity index (χ2n) is 6.52. The Bertz CT molecular complexity index is 713. The lowest BCUT2D eigenvalue weighted by Gasteiger charge is -2.32. The Balaban J connectivity index is 1.36. The largest absolute Gasteiger partial charge is 0.339 e. The summed E-state index contributed by atoms with van der Waals surface area (Å²) < 4.78 is 0. The van der Waals surface area contributed by atoms with Gasteiger partial charge in [0.1, 0.15) is 0 Å². The number of urea groups is 1. The fourth-order valence-corrected chi connectivity index (χ4v) is 3.09. The second kappa shape index (κ2) is 8.99. The van der Waals surface area contributed by atoms with Crippen LogP contribution in [0.2, 0.25) is 0 Å². The van der Waals surface area contributed by atoms with Crippen LogP contribution >= 0.6 is 0 Å². The number of aromatic nitrogens is 1. The maximum atomic E-state index is 12.4. The van der Waals surface area contributed by atoms with E-state index in [1.165, 1.54) is 0 Å². The normalized spacial score (nSPS) is 14.7. The van der Waals surface area contributed by atoms with Gasteiger partial charge in [-0.25, -0.2) is 4.79 Å². The van der Waals surface area contributed by atoms with Crippen molar-refractivity contribution in [3.63, 3.8) is 0 Å². The molecular weight excluding hydrogens is 328 g/mol. The number of likely N-dealkylation sites (tertiary alicyclic amines) is 1. The number of pyridine rings is 1. The van der Waals surface area contributed by atoms with E-state index < -0.39 is 0 Å². The molecule has 3 amide bonds. The topological polar surface area (TPSA) is 74.3 Å². The molecule has 0 aliphatic carbocycles. The van der Waals surface area contributed by atoms with Crippen molar-refractivity contribution in [1.29, 1.82) is 0 Å². The van der Waals surface area contributed by atoms with Gasteiger partial charge in [0, 0.05) is 44.1 Å². The summed E-state index contributed by atoms with van der Waals surface area (Å²) in [5.41, 5.74) is 1.75. The molecule has 1 saturated heterocycles. The number of hydrogen-bond donors (Lipinski definition) is 2. The van der Waals surface area contributed by atoms with Crippen LogP contribution in [0, 0.1) is 5.92 Å². The van der Waals surface area contributed by atoms with Crippen LogP contribution in [-0.4, -0.2) is 41.5 Å². The molecule has 1 aliphatic rings. The molecule has 2 heterocycles. The van der Waals surface area contributed by atoms with E-state index in [1.807, 2.05) is 35.2 Å². The van der Waals surface area contributed by atoms with Gasteiger partial charge in [0.25, 0.3) is 5.91 Å². The minimum Gasteiger partial charge on any atom is -0.339 e. The standard InChI is InChI=1S/C20H24N4O2/c25-19(18-6-10-21-11-7-18)24-12-8-17(9-13-24)15-23-20(26)22-14-16-4-2-1-3-5-16/h1-7,10-11,17H,8-9,12-15H2,(H2,22,23,26). The summed E-state index contributed by atoms with van der Waals surface area (Å²) in [6, 6.07) is 13.2. The van der Waals surface area contributed by atoms with Crippen LogP contribution in [0.1, 0.15) is 28.8 Å². The SMILES string of the molecule is O=C(NCc1ccccc1)NCC1CCN(C(=O)c2ccncc2)CC1. The molecule has 1 aliphatic heterocycles. The number of carbonyl (C=O) groups excluding carboxylic acids is 2. The average molecular weight is 352 g/mol. The van der Waals surface area contributed by atoms with Gasteiger partial charge in [0.2, 0.25) is 0 Å². The number of amides is 3. The Labute approximate surface area is 153 Å². The van der Waals surface area contributed by atoms with Crippen molar-refractivity contribution in [2.24, 2.45) is 5.92 Å². The van der Waals surface area contributed by atoms with Crippen LogP contribution in [-0.2, 0) is 6.54 Å². The highest BCUT2D eigenvalue weighted by Crippen LogP contribution is 2.18. The van der Waals surface area contributed by atoms with E-state index in [0.717, 1.165) is 31.5 Å². The minimum atomic E-state index is -0.149. The van der Waals surface area contributed by atoms with Crippen LogP contribution in [0.3, 0.4) is 0 Å². The Morgan fingerprint density at radius 1 is 1.00 bits per heavy atom. The maximum Gasteiger partial charge on any atom is 0.315 e. The third-order valence-corrected chi connectivity index (χ3v) is 4.68. The Morgan fingerprint density at radius 3 is 2.38 bits per heavy atom. The number of nitrogens with zero attached hydrogens (tertiary/aromatic N) is 2. The van der Waals surface area contributed by atoms with Crippen molar-refractivity contribution in [2.75, 3.05) is 19.6 Å². The maximum absolute atomic E-state index is 12.4. The van der Waals surface area contributed by atoms with Gasteiger partial charge in [-0.3, -0.25) is 9.78 Å². The molecule has 6 heteroatoms. The number of hydrogen-bond acceptors (Lipinski definition) is 3. The van der Waals surface area contributed by atoms with E-state index in [9.17, 15) is 9.59 Å². The molecule has 1 fully saturated rings. The highest BCUT2D eigenvalue weighted by atomic mass is 16.2. The van der Waals surface area contributed by atoms with Gasteiger partial charge in [0.15, 0.2) is 0 Å². The van der Waals surface area contributed by atoms with Crippen LogP contribution in [0.5, 0.6) is 0 Å². The summed E-state index contributed by atoms with van der Waals surface area (Å²) in [4.78, 5) is 30.2. The summed E-state index contributed by atoms with van der Waals surface area (Å²) in [5.74, 6) is 0.457. The van der Waals surface area contributed by atoms with Crippen molar-refractivity contribution < 1.29 is 9.59 Å². The number of nitrogens with one attached hydrogen (secondary N) is 2. The van der Waals surface area contributed by atoms with Gasteiger partial charge in [-0.15, -0.1) is 0 Å². The first-order valence-electron chi connectivity index (χ1n) is 8.97. The molecule has 0 atom stereocenters. The molecule has 0 unspecified atom stereocenters. The van der Waals surface area contributed by atoms with Crippen LogP contribution in [0.25, 0.3) is 0 Å². The molecule has 2 N–H and O–H groups in total. The van der Waals surface area contributed by atoms with E-state index in [4.69, 9.17) is 0 Å². The average Bonchev–Trinajstić information content (AvgIpc) is 2.72. The first-order chi connectivity index (χ1) is 12.7. The summed E-state index contributed by atoms with van der Waals surface area (Å²) in [6.45, 7) is 2.60. The van der Waals surface area contributed by atoms with Crippen molar-refractivity contribution in [2.45, 2.75) is 19.4 Å². The van der Waals surface area contributed by atoms with Gasteiger partial charge in [-0.1, -0.05) is 30.3 Å². The number of rotatable bonds is 5. The molecular formula is C20H24N4O2. The quantitative estimate of drug-likeness (QED) is 0.868. The molecule has 0 saturated carbocycles. The summed E-state index contributed by atoms with van der Waals surface area (Å²) in [7, 11) is 0. The number of carbonyl (C=O) groups is 2. The van der Waals surface area contributed by atoms with Crippen molar-refractivity contribution in [1.82, 2.24) is 20.5 Å². The molecule has 0 bridgehead atoms. The fourth-order valence-electron chi connectivity index (χ4n) is 3.09. The molecule has 3 rings (SSSR count). The summed E-state index contributed by atoms with van der Waals surface area (Å²) in [6.07, 6.45) is 5.07. The predicted molar refractivity (Wildman–Crippen MR) is 99.5 cm³/mol. The lowest BCUT2D eigenvalue weighted by atomic mass is 9.96. The van der Waals surface area contributed by atoms with Crippen LogP contribution in [0.15, 0.2) is 54.9 Å². The van der Waals surface area contributed by atoms with E-state index >= 15 is 0 Å². The Hall–Kier alpha value is -2.89. The van der Waals surface area contributed by atoms with Gasteiger partial charge in [0.05, 0.1) is 0 Å². The molecule has 136 valence electrons. The molecule has 0 spiro atoms. The lowest BCUT2D eigenvalue weighted by molar-refractivity contribution is 0.0690. The lowest BCUT2D eigenvalue weighted by Crippen LogP contribution is -2.43. The zero-order chi connectivity index (χ0) is 18.2. The summed E-state index contributed by atoms with van der Waals surface area (Å²) in [5, 5.41) is 5.80. The zero-order valence-electron chi connectivity index (χ0n) is 14.7. The number of piperidine rings is 1. The zero-order valence-corrected chi connectivity index (χ0v) is 14.7. The Kier molecular flexibility index (Phi) is 6.19. The van der Waals surface area contributed by atoms with Gasteiger partial charge in [-0.2, -0.15) is 0 Å². The van der Waals surface area contributed by atoms with E-state index in [1.54, 1.807) is 24.5 Å². The molecule has 0 radical (unpaired) electrons. The first kappa shape index (κ1) is 17.9. The van der Waals surface area contributed by atoms with Crippen LogP contribution in [0.4, 0.5) is 4.79 Å². The van der Waals surface area contributed by atoms with Gasteiger partial charge in [-0.05, 0) is 36.5 Å². The Morgan fingerprint density at radius 2 is 1.69 bits per heavy atom. The van der Waals surface area contributed by atoms with Crippen molar-refractivity contribution >= 4 is 11.9 Å². The third kappa shape index (κ3) is 5.05. The van der Waals surface area contributed by atoms with Crippen molar-refractivity contribution in [3.8, 4) is 0 Å². The number of benzene rings is 1. The first-order valence-corrected chi connectivity index (χ1v) is 8.97. The second-order valence-corrected chi connectivity index (χ2v) is 6.52. The highest BCUT2D eigenvalue weighted by molar-refractivity contribution is 5.94. The molecule has 1 aromatic heterocycles. The minimum absolute atomic E-state index is 0.0550. The molecule has 6 nitrogen and oxygen atoms in total. The smallest absolute Gasteiger partial charge is 0.315 e. The molecule has 2 aromatic rings. The molecule has 26 heavy (non-hydrogen) atoms. The fraction of sp³-hybridized carbons (Fsp3) is 0.350. The highest BCUT2D eigenvalue weighted by Gasteiger charge is 2.23. The predicted octanol–water partition coefficient (Wildman–Crippen LogP) is 2.43. The summed E-state index contributed by atoms with van der Waals surface area (Å²) >= 11 is 0. The van der Waals surface area contributed by atoms with Gasteiger partial charge < -0.3 is 15.5 Å². The van der Waals surface area contributed by atoms with E-state index in [2.05, 4.69) is 15.6 Å². The van der Waals surface area contributed by atoms with E-state index in [-0.39, 0.29) is 11.9 Å². The van der Waals surface area contributed by atoms with Crippen molar-refractivity contribution in [3.05, 3.63) is 66.0 Å². The van der Waals surface area contributed by atoms with Gasteiger partial charge >= 0.3 is 6.03 Å². The molecule has 1 aromatic carbocycles. The van der Waals surface area contributed by atoms with E-state index in [0.29, 0.717) is 24.6 Å². The monoisotopic (exact) mass is 352 g/mol.